The average molecular weight is 426 g/mol. The number of carbonyl (C=O) groups is 1. The van der Waals surface area contributed by atoms with Gasteiger partial charge in [-0.3, -0.25) is 0 Å². The lowest BCUT2D eigenvalue weighted by molar-refractivity contribution is -0.131. The molecule has 1 N–H and O–H groups in total. The van der Waals surface area contributed by atoms with Gasteiger partial charge in [-0.2, -0.15) is 0 Å². The van der Waals surface area contributed by atoms with E-state index in [1.165, 1.54) is 6.08 Å². The molecule has 0 bridgehead atoms. The zero-order valence-corrected chi connectivity index (χ0v) is 19.1. The molecule has 0 unspecified atom stereocenters. The van der Waals surface area contributed by atoms with Crippen molar-refractivity contribution >= 4 is 17.7 Å². The third-order valence-corrected chi connectivity index (χ3v) is 4.81. The van der Waals surface area contributed by atoms with Crippen LogP contribution in [0.5, 0.6) is 5.75 Å². The second kappa shape index (κ2) is 12.8. The van der Waals surface area contributed by atoms with Gasteiger partial charge in [0.15, 0.2) is 0 Å². The van der Waals surface area contributed by atoms with Crippen LogP contribution in [0.1, 0.15) is 39.2 Å². The number of hydrogen-bond donors (Lipinski definition) is 1. The second-order valence-corrected chi connectivity index (χ2v) is 8.06. The lowest BCUT2D eigenvalue weighted by Gasteiger charge is -2.24. The molecule has 0 saturated heterocycles. The van der Waals surface area contributed by atoms with Gasteiger partial charge < -0.3 is 19.5 Å². The lowest BCUT2D eigenvalue weighted by Crippen LogP contribution is -2.23. The smallest absolute Gasteiger partial charge is 0.328 e. The Hall–Kier alpha value is -2.79. The van der Waals surface area contributed by atoms with E-state index in [0.29, 0.717) is 19.1 Å². The van der Waals surface area contributed by atoms with Crippen LogP contribution >= 0.6 is 0 Å². The highest BCUT2D eigenvalue weighted by molar-refractivity contribution is 5.88. The van der Waals surface area contributed by atoms with Crippen molar-refractivity contribution in [1.82, 2.24) is 0 Å². The zero-order valence-electron chi connectivity index (χ0n) is 19.1. The van der Waals surface area contributed by atoms with Crippen LogP contribution < -0.4 is 9.64 Å². The molecule has 0 spiro atoms. The summed E-state index contributed by atoms with van der Waals surface area (Å²) in [5, 5.41) is 9.07. The molecule has 2 aromatic rings. The molecule has 0 aliphatic heterocycles. The summed E-state index contributed by atoms with van der Waals surface area (Å²) in [6, 6.07) is 14.1. The fourth-order valence-corrected chi connectivity index (χ4v) is 3.33. The number of ether oxygens (including phenoxy) is 2. The Morgan fingerprint density at radius 1 is 1.06 bits per heavy atom. The summed E-state index contributed by atoms with van der Waals surface area (Å²) in [4.78, 5) is 13.2. The van der Waals surface area contributed by atoms with Gasteiger partial charge in [0, 0.05) is 32.0 Å². The molecule has 0 heterocycles. The SMILES string of the molecule is CCCCOCCOc1ccc(-c2ccc(N(C)CC(C)C)c(/C=C/C(=O)O)c2)cc1. The first-order chi connectivity index (χ1) is 14.9. The number of rotatable bonds is 13. The predicted octanol–water partition coefficient (Wildman–Crippen LogP) is 5.74. The minimum absolute atomic E-state index is 0.505. The summed E-state index contributed by atoms with van der Waals surface area (Å²) in [5.74, 6) is 0.357. The Morgan fingerprint density at radius 2 is 1.77 bits per heavy atom. The number of carboxylic acid groups (broad SMARTS) is 1. The zero-order chi connectivity index (χ0) is 22.6. The minimum Gasteiger partial charge on any atom is -0.491 e. The number of benzene rings is 2. The van der Waals surface area contributed by atoms with E-state index < -0.39 is 5.97 Å². The third kappa shape index (κ3) is 8.46. The molecule has 0 amide bonds. The quantitative estimate of drug-likeness (QED) is 0.328. The molecule has 2 aromatic carbocycles. The van der Waals surface area contributed by atoms with Crippen LogP contribution in [0.3, 0.4) is 0 Å². The Labute approximate surface area is 186 Å². The summed E-state index contributed by atoms with van der Waals surface area (Å²) in [5.41, 5.74) is 3.97. The number of aliphatic carboxylic acids is 1. The van der Waals surface area contributed by atoms with E-state index in [0.717, 1.165) is 54.1 Å². The molecule has 0 aliphatic carbocycles. The predicted molar refractivity (Wildman–Crippen MR) is 128 cm³/mol. The molecular formula is C26H35NO4. The Balaban J connectivity index is 2.12. The van der Waals surface area contributed by atoms with E-state index in [1.807, 2.05) is 37.4 Å². The first kappa shape index (κ1) is 24.5. The summed E-state index contributed by atoms with van der Waals surface area (Å²) in [7, 11) is 2.03. The molecule has 31 heavy (non-hydrogen) atoms. The van der Waals surface area contributed by atoms with Gasteiger partial charge in [0.2, 0.25) is 0 Å². The molecule has 0 aromatic heterocycles. The second-order valence-electron chi connectivity index (χ2n) is 8.06. The van der Waals surface area contributed by atoms with Crippen LogP contribution in [-0.2, 0) is 9.53 Å². The fraction of sp³-hybridized carbons (Fsp3) is 0.423. The molecule has 5 nitrogen and oxygen atoms in total. The van der Waals surface area contributed by atoms with Crippen molar-refractivity contribution in [3.8, 4) is 16.9 Å². The maximum atomic E-state index is 11.1. The topological polar surface area (TPSA) is 59.0 Å². The number of hydrogen-bond acceptors (Lipinski definition) is 4. The number of carboxylic acids is 1. The van der Waals surface area contributed by atoms with E-state index in [9.17, 15) is 4.79 Å². The Morgan fingerprint density at radius 3 is 2.42 bits per heavy atom. The fourth-order valence-electron chi connectivity index (χ4n) is 3.33. The molecular weight excluding hydrogens is 390 g/mol. The molecule has 0 saturated carbocycles. The van der Waals surface area contributed by atoms with Crippen LogP contribution in [0.15, 0.2) is 48.5 Å². The largest absolute Gasteiger partial charge is 0.491 e. The highest BCUT2D eigenvalue weighted by Crippen LogP contribution is 2.29. The van der Waals surface area contributed by atoms with Crippen LogP contribution in [0.25, 0.3) is 17.2 Å². The van der Waals surface area contributed by atoms with Gasteiger partial charge in [-0.1, -0.05) is 45.4 Å². The van der Waals surface area contributed by atoms with Crippen molar-refractivity contribution in [2.24, 2.45) is 5.92 Å². The number of unbranched alkanes of at least 4 members (excludes halogenated alkanes) is 1. The molecule has 0 atom stereocenters. The standard InChI is InChI=1S/C26H35NO4/c1-5-6-15-30-16-17-31-24-11-7-21(8-12-24)22-9-13-25(27(4)19-20(2)3)23(18-22)10-14-26(28)29/h7-14,18,20H,5-6,15-17,19H2,1-4H3,(H,28,29)/b14-10+. The first-order valence-electron chi connectivity index (χ1n) is 11.0. The summed E-state index contributed by atoms with van der Waals surface area (Å²) >= 11 is 0. The van der Waals surface area contributed by atoms with Crippen LogP contribution in [0, 0.1) is 5.92 Å². The van der Waals surface area contributed by atoms with Crippen molar-refractivity contribution in [1.29, 1.82) is 0 Å². The Bertz CT molecular complexity index is 843. The normalized spacial score (nSPS) is 11.3. The average Bonchev–Trinajstić information content (AvgIpc) is 2.74. The highest BCUT2D eigenvalue weighted by Gasteiger charge is 2.10. The first-order valence-corrected chi connectivity index (χ1v) is 11.0. The van der Waals surface area contributed by atoms with Crippen LogP contribution in [0.2, 0.25) is 0 Å². The van der Waals surface area contributed by atoms with Gasteiger partial charge in [-0.05, 0) is 59.4 Å². The van der Waals surface area contributed by atoms with Crippen molar-refractivity contribution < 1.29 is 19.4 Å². The van der Waals surface area contributed by atoms with Gasteiger partial charge in [-0.25, -0.2) is 4.79 Å². The highest BCUT2D eigenvalue weighted by atomic mass is 16.5. The summed E-state index contributed by atoms with van der Waals surface area (Å²) in [6.45, 7) is 9.26. The van der Waals surface area contributed by atoms with Gasteiger partial charge in [0.1, 0.15) is 12.4 Å². The van der Waals surface area contributed by atoms with Crippen molar-refractivity contribution in [3.63, 3.8) is 0 Å². The van der Waals surface area contributed by atoms with Gasteiger partial charge in [0.05, 0.1) is 6.61 Å². The summed E-state index contributed by atoms with van der Waals surface area (Å²) in [6.07, 6.45) is 5.05. The molecule has 2 rings (SSSR count). The van der Waals surface area contributed by atoms with E-state index in [1.54, 1.807) is 6.08 Å². The van der Waals surface area contributed by atoms with Gasteiger partial charge >= 0.3 is 5.97 Å². The van der Waals surface area contributed by atoms with Crippen molar-refractivity contribution in [2.45, 2.75) is 33.6 Å². The van der Waals surface area contributed by atoms with E-state index in [2.05, 4.69) is 37.8 Å². The Kier molecular flexibility index (Phi) is 10.1. The molecule has 0 radical (unpaired) electrons. The van der Waals surface area contributed by atoms with Crippen LogP contribution in [0.4, 0.5) is 5.69 Å². The summed E-state index contributed by atoms with van der Waals surface area (Å²) < 4.78 is 11.3. The molecule has 168 valence electrons. The van der Waals surface area contributed by atoms with Crippen molar-refractivity contribution in [3.05, 3.63) is 54.1 Å². The van der Waals surface area contributed by atoms with Gasteiger partial charge in [-0.15, -0.1) is 0 Å². The van der Waals surface area contributed by atoms with E-state index in [4.69, 9.17) is 14.6 Å². The maximum Gasteiger partial charge on any atom is 0.328 e. The third-order valence-electron chi connectivity index (χ3n) is 4.81. The van der Waals surface area contributed by atoms with Crippen molar-refractivity contribution in [2.75, 3.05) is 38.3 Å². The molecule has 5 heteroatoms. The minimum atomic E-state index is -0.956. The molecule has 0 aliphatic rings. The maximum absolute atomic E-state index is 11.1. The lowest BCUT2D eigenvalue weighted by atomic mass is 10.0. The van der Waals surface area contributed by atoms with Gasteiger partial charge in [0.25, 0.3) is 0 Å². The number of nitrogens with zero attached hydrogens (tertiary/aromatic N) is 1. The molecule has 0 fully saturated rings. The van der Waals surface area contributed by atoms with E-state index in [-0.39, 0.29) is 0 Å². The monoisotopic (exact) mass is 425 g/mol. The number of anilines is 1. The van der Waals surface area contributed by atoms with E-state index >= 15 is 0 Å². The van der Waals surface area contributed by atoms with Crippen LogP contribution in [-0.4, -0.2) is 44.5 Å².